The van der Waals surface area contributed by atoms with E-state index in [2.05, 4.69) is 33.6 Å². The van der Waals surface area contributed by atoms with Gasteiger partial charge in [-0.15, -0.1) is 11.3 Å². The summed E-state index contributed by atoms with van der Waals surface area (Å²) in [5.41, 5.74) is 1.20. The van der Waals surface area contributed by atoms with Gasteiger partial charge >= 0.3 is 0 Å². The van der Waals surface area contributed by atoms with Crippen LogP contribution < -0.4 is 5.32 Å². The van der Waals surface area contributed by atoms with Crippen LogP contribution in [0.15, 0.2) is 17.5 Å². The maximum absolute atomic E-state index is 12.2. The maximum Gasteiger partial charge on any atom is 0.220 e. The number of unbranched alkanes of at least 4 members (excludes halogenated alkanes) is 1. The molecule has 3 aliphatic rings. The second-order valence-corrected chi connectivity index (χ2v) is 9.39. The molecule has 0 aromatic carbocycles. The van der Waals surface area contributed by atoms with E-state index in [-0.39, 0.29) is 11.5 Å². The van der Waals surface area contributed by atoms with Crippen molar-refractivity contribution < 1.29 is 9.53 Å². The molecule has 148 valence electrons. The van der Waals surface area contributed by atoms with Crippen molar-refractivity contribution in [1.82, 2.24) is 15.2 Å². The van der Waals surface area contributed by atoms with Crippen LogP contribution >= 0.6 is 11.3 Å². The van der Waals surface area contributed by atoms with Crippen LogP contribution in [0.3, 0.4) is 0 Å². The zero-order valence-electron chi connectivity index (χ0n) is 16.4. The molecule has 4 heterocycles. The first kappa shape index (κ1) is 19.1. The van der Waals surface area contributed by atoms with E-state index < -0.39 is 0 Å². The quantitative estimate of drug-likeness (QED) is 0.548. The van der Waals surface area contributed by atoms with Gasteiger partial charge < -0.3 is 10.1 Å². The molecule has 27 heavy (non-hydrogen) atoms. The Morgan fingerprint density at radius 2 is 2.44 bits per heavy atom. The van der Waals surface area contributed by atoms with Crippen molar-refractivity contribution in [3.05, 3.63) is 28.2 Å². The lowest BCUT2D eigenvalue weighted by molar-refractivity contribution is -0.121. The van der Waals surface area contributed by atoms with Gasteiger partial charge in [0.15, 0.2) is 0 Å². The summed E-state index contributed by atoms with van der Waals surface area (Å²) >= 11 is 1.72. The molecule has 4 atom stereocenters. The van der Waals surface area contributed by atoms with Gasteiger partial charge in [-0.1, -0.05) is 12.2 Å². The van der Waals surface area contributed by atoms with Crippen molar-refractivity contribution in [2.24, 2.45) is 11.8 Å². The van der Waals surface area contributed by atoms with Crippen molar-refractivity contribution in [1.29, 1.82) is 0 Å². The van der Waals surface area contributed by atoms with E-state index in [0.717, 1.165) is 50.4 Å². The van der Waals surface area contributed by atoms with Crippen LogP contribution in [0.2, 0.25) is 0 Å². The van der Waals surface area contributed by atoms with Crippen LogP contribution in [0.5, 0.6) is 0 Å². The van der Waals surface area contributed by atoms with E-state index in [1.807, 2.05) is 13.0 Å². The second kappa shape index (κ2) is 8.02. The molecular formula is C21H31N3O2S. The minimum Gasteiger partial charge on any atom is -0.370 e. The van der Waals surface area contributed by atoms with E-state index in [9.17, 15) is 4.79 Å². The third-order valence-corrected chi connectivity index (χ3v) is 7.27. The summed E-state index contributed by atoms with van der Waals surface area (Å²) in [7, 11) is 0. The van der Waals surface area contributed by atoms with Crippen LogP contribution in [0.25, 0.3) is 0 Å². The molecule has 6 heteroatoms. The number of aromatic nitrogens is 1. The minimum atomic E-state index is 0.0248. The highest BCUT2D eigenvalue weighted by atomic mass is 32.1. The molecule has 3 saturated heterocycles. The average molecular weight is 390 g/mol. The average Bonchev–Trinajstić information content (AvgIpc) is 3.38. The number of carbonyl (C=O) groups excluding carboxylic acids is 1. The molecule has 2 bridgehead atoms. The third-order valence-electron chi connectivity index (χ3n) is 6.45. The molecule has 1 spiro atoms. The molecule has 1 aromatic rings. The van der Waals surface area contributed by atoms with Gasteiger partial charge in [0.1, 0.15) is 0 Å². The van der Waals surface area contributed by atoms with Gasteiger partial charge in [-0.3, -0.25) is 9.69 Å². The number of hydrogen-bond donors (Lipinski definition) is 1. The van der Waals surface area contributed by atoms with E-state index >= 15 is 0 Å². The SMILES string of the molecule is C/C=C/CCCC(=O)NC[C@H]1[C@H]2CN(Cc3csc(C)n3)C[C@]23CC[C@H]1O3. The number of nitrogens with one attached hydrogen (secondary N) is 1. The highest BCUT2D eigenvalue weighted by Crippen LogP contribution is 2.54. The Kier molecular flexibility index (Phi) is 5.67. The van der Waals surface area contributed by atoms with Gasteiger partial charge in [0.25, 0.3) is 0 Å². The Balaban J connectivity index is 1.30. The molecule has 0 saturated carbocycles. The largest absolute Gasteiger partial charge is 0.370 e. The van der Waals surface area contributed by atoms with Gasteiger partial charge in [-0.05, 0) is 39.5 Å². The van der Waals surface area contributed by atoms with Crippen molar-refractivity contribution in [3.63, 3.8) is 0 Å². The number of fused-ring (bicyclic) bond motifs is 1. The highest BCUT2D eigenvalue weighted by molar-refractivity contribution is 7.09. The third kappa shape index (κ3) is 3.98. The number of hydrogen-bond acceptors (Lipinski definition) is 5. The fourth-order valence-corrected chi connectivity index (χ4v) is 5.86. The summed E-state index contributed by atoms with van der Waals surface area (Å²) in [6.07, 6.45) is 9.34. The second-order valence-electron chi connectivity index (χ2n) is 8.32. The van der Waals surface area contributed by atoms with Crippen LogP contribution in [-0.4, -0.2) is 47.1 Å². The summed E-state index contributed by atoms with van der Waals surface area (Å²) in [4.78, 5) is 19.3. The molecular weight excluding hydrogens is 358 g/mol. The number of ether oxygens (including phenoxy) is 1. The first-order valence-electron chi connectivity index (χ1n) is 10.3. The standard InChI is InChI=1S/C21H31N3O2S/c1-3-4-5-6-7-20(25)22-10-17-18-12-24(11-16-13-27-15(2)23-16)14-21(18)9-8-19(17)26-21/h3-4,13,17-19H,5-12,14H2,1-2H3,(H,22,25)/b4-3+/t17-,18+,19+,21+/m0/s1. The lowest BCUT2D eigenvalue weighted by atomic mass is 9.73. The summed E-state index contributed by atoms with van der Waals surface area (Å²) in [5.74, 6) is 1.18. The monoisotopic (exact) mass is 389 g/mol. The molecule has 5 nitrogen and oxygen atoms in total. The molecule has 0 radical (unpaired) electrons. The molecule has 1 amide bonds. The summed E-state index contributed by atoms with van der Waals surface area (Å²) in [5, 5.41) is 6.50. The maximum atomic E-state index is 12.2. The molecule has 4 rings (SSSR count). The molecule has 3 aliphatic heterocycles. The Labute approximate surface area is 166 Å². The Bertz CT molecular complexity index is 703. The Morgan fingerprint density at radius 1 is 1.56 bits per heavy atom. The fraction of sp³-hybridized carbons (Fsp3) is 0.714. The number of thiazole rings is 1. The fourth-order valence-electron chi connectivity index (χ4n) is 5.26. The van der Waals surface area contributed by atoms with E-state index in [1.54, 1.807) is 11.3 Å². The van der Waals surface area contributed by atoms with E-state index in [0.29, 0.717) is 24.4 Å². The predicted molar refractivity (Wildman–Crippen MR) is 108 cm³/mol. The number of allylic oxidation sites excluding steroid dienone is 2. The predicted octanol–water partition coefficient (Wildman–Crippen LogP) is 3.29. The summed E-state index contributed by atoms with van der Waals surface area (Å²) < 4.78 is 6.50. The number of rotatable bonds is 8. The lowest BCUT2D eigenvalue weighted by Gasteiger charge is -2.29. The Morgan fingerprint density at radius 3 is 3.22 bits per heavy atom. The smallest absolute Gasteiger partial charge is 0.220 e. The number of amides is 1. The van der Waals surface area contributed by atoms with Crippen LogP contribution in [0.1, 0.15) is 49.7 Å². The molecule has 0 unspecified atom stereocenters. The van der Waals surface area contributed by atoms with Crippen LogP contribution in [-0.2, 0) is 16.1 Å². The van der Waals surface area contributed by atoms with Gasteiger partial charge in [-0.2, -0.15) is 0 Å². The molecule has 0 aliphatic carbocycles. The van der Waals surface area contributed by atoms with Crippen molar-refractivity contribution in [2.75, 3.05) is 19.6 Å². The first-order chi connectivity index (χ1) is 13.1. The minimum absolute atomic E-state index is 0.0248. The van der Waals surface area contributed by atoms with E-state index in [1.165, 1.54) is 12.1 Å². The molecule has 1 N–H and O–H groups in total. The van der Waals surface area contributed by atoms with Crippen molar-refractivity contribution >= 4 is 17.2 Å². The molecule has 1 aromatic heterocycles. The van der Waals surface area contributed by atoms with Gasteiger partial charge in [0.2, 0.25) is 5.91 Å². The van der Waals surface area contributed by atoms with Crippen molar-refractivity contribution in [2.45, 2.75) is 64.2 Å². The first-order valence-corrected chi connectivity index (χ1v) is 11.2. The number of nitrogens with zero attached hydrogens (tertiary/aromatic N) is 2. The Hall–Kier alpha value is -1.24. The molecule has 3 fully saturated rings. The van der Waals surface area contributed by atoms with Gasteiger partial charge in [0.05, 0.1) is 22.4 Å². The number of aryl methyl sites for hydroxylation is 1. The van der Waals surface area contributed by atoms with Crippen LogP contribution in [0, 0.1) is 18.8 Å². The number of carbonyl (C=O) groups is 1. The lowest BCUT2D eigenvalue weighted by Crippen LogP contribution is -2.41. The van der Waals surface area contributed by atoms with Crippen molar-refractivity contribution in [3.8, 4) is 0 Å². The highest BCUT2D eigenvalue weighted by Gasteiger charge is 2.62. The van der Waals surface area contributed by atoms with Gasteiger partial charge in [0, 0.05) is 49.8 Å². The zero-order valence-corrected chi connectivity index (χ0v) is 17.3. The number of likely N-dealkylation sites (tertiary alicyclic amines) is 1. The van der Waals surface area contributed by atoms with E-state index in [4.69, 9.17) is 4.74 Å². The van der Waals surface area contributed by atoms with Crippen LogP contribution in [0.4, 0.5) is 0 Å². The topological polar surface area (TPSA) is 54.5 Å². The zero-order chi connectivity index (χ0) is 18.9. The normalized spacial score (nSPS) is 32.4. The van der Waals surface area contributed by atoms with Gasteiger partial charge in [-0.25, -0.2) is 4.98 Å². The summed E-state index contributed by atoms with van der Waals surface area (Å²) in [6, 6.07) is 0. The summed E-state index contributed by atoms with van der Waals surface area (Å²) in [6.45, 7) is 7.84.